The van der Waals surface area contributed by atoms with E-state index >= 15 is 0 Å². The minimum absolute atomic E-state index is 0.178. The maximum absolute atomic E-state index is 9.13. The maximum atomic E-state index is 9.13. The number of nitrogens with zero attached hydrogens (tertiary/aromatic N) is 1. The fourth-order valence-electron chi connectivity index (χ4n) is 2.67. The molecule has 3 nitrogen and oxygen atoms in total. The quantitative estimate of drug-likeness (QED) is 0.582. The van der Waals surface area contributed by atoms with Gasteiger partial charge in [-0.15, -0.1) is 0 Å². The van der Waals surface area contributed by atoms with Crippen molar-refractivity contribution in [1.82, 2.24) is 4.90 Å². The number of aliphatic hydroxyl groups excluding tert-OH is 1. The minimum Gasteiger partial charge on any atom is -0.500 e. The third kappa shape index (κ3) is 2.96. The molecule has 3 heteroatoms. The van der Waals surface area contributed by atoms with Gasteiger partial charge in [0, 0.05) is 24.8 Å². The van der Waals surface area contributed by atoms with Crippen molar-refractivity contribution >= 4 is 0 Å². The average molecular weight is 251 g/mol. The van der Waals surface area contributed by atoms with Crippen LogP contribution in [0.1, 0.15) is 27.2 Å². The van der Waals surface area contributed by atoms with Gasteiger partial charge in [0.15, 0.2) is 0 Å². The summed E-state index contributed by atoms with van der Waals surface area (Å²) < 4.78 is 5.29. The molecule has 0 amide bonds. The molecule has 102 valence electrons. The first-order chi connectivity index (χ1) is 8.56. The molecular weight excluding hydrogens is 226 g/mol. The lowest BCUT2D eigenvalue weighted by atomic mass is 9.78. The minimum atomic E-state index is 0.178. The van der Waals surface area contributed by atoms with Crippen LogP contribution in [0.4, 0.5) is 0 Å². The first kappa shape index (κ1) is 14.8. The molecule has 1 fully saturated rings. The number of ether oxygens (including phenoxy) is 1. The molecule has 0 aromatic heterocycles. The Bertz CT molecular complexity index is 346. The fourth-order valence-corrected chi connectivity index (χ4v) is 2.67. The highest BCUT2D eigenvalue weighted by Crippen LogP contribution is 2.39. The predicted molar refractivity (Wildman–Crippen MR) is 75.0 cm³/mol. The van der Waals surface area contributed by atoms with Gasteiger partial charge in [-0.05, 0) is 32.8 Å². The number of methoxy groups -OCH3 is 1. The van der Waals surface area contributed by atoms with Crippen molar-refractivity contribution in [3.8, 4) is 0 Å². The van der Waals surface area contributed by atoms with Crippen molar-refractivity contribution in [3.63, 3.8) is 0 Å². The van der Waals surface area contributed by atoms with Crippen LogP contribution < -0.4 is 0 Å². The van der Waals surface area contributed by atoms with Gasteiger partial charge in [-0.3, -0.25) is 0 Å². The van der Waals surface area contributed by atoms with Gasteiger partial charge in [0.1, 0.15) is 5.76 Å². The summed E-state index contributed by atoms with van der Waals surface area (Å²) in [4.78, 5) is 2.27. The molecule has 0 radical (unpaired) electrons. The first-order valence-corrected chi connectivity index (χ1v) is 6.49. The second-order valence-electron chi connectivity index (χ2n) is 4.85. The Morgan fingerprint density at radius 2 is 2.17 bits per heavy atom. The Balaban J connectivity index is 2.84. The van der Waals surface area contributed by atoms with Crippen LogP contribution in [0.25, 0.3) is 0 Å². The summed E-state index contributed by atoms with van der Waals surface area (Å²) >= 11 is 0. The van der Waals surface area contributed by atoms with Gasteiger partial charge in [0.25, 0.3) is 0 Å². The molecule has 3 unspecified atom stereocenters. The highest BCUT2D eigenvalue weighted by molar-refractivity contribution is 5.21. The first-order valence-electron chi connectivity index (χ1n) is 6.49. The zero-order valence-electron chi connectivity index (χ0n) is 11.9. The molecule has 1 aliphatic rings. The van der Waals surface area contributed by atoms with Crippen molar-refractivity contribution in [3.05, 3.63) is 36.3 Å². The second kappa shape index (κ2) is 6.64. The zero-order valence-corrected chi connectivity index (χ0v) is 11.9. The van der Waals surface area contributed by atoms with Gasteiger partial charge >= 0.3 is 0 Å². The van der Waals surface area contributed by atoms with Gasteiger partial charge in [0.05, 0.1) is 13.2 Å². The summed E-state index contributed by atoms with van der Waals surface area (Å²) in [5.41, 5.74) is 1.21. The SMILES string of the molecule is C=C(OC)C1C(CCO)C(C)N1/C=C(C)/C=C\C. The molecule has 3 atom stereocenters. The third-order valence-corrected chi connectivity index (χ3v) is 3.65. The summed E-state index contributed by atoms with van der Waals surface area (Å²) in [6, 6.07) is 0.589. The molecule has 1 aliphatic heterocycles. The lowest BCUT2D eigenvalue weighted by molar-refractivity contribution is -0.0225. The summed E-state index contributed by atoms with van der Waals surface area (Å²) in [5, 5.41) is 9.13. The molecule has 1 saturated heterocycles. The van der Waals surface area contributed by atoms with Crippen LogP contribution in [-0.4, -0.2) is 35.8 Å². The van der Waals surface area contributed by atoms with Gasteiger partial charge in [-0.2, -0.15) is 0 Å². The van der Waals surface area contributed by atoms with Crippen molar-refractivity contribution in [1.29, 1.82) is 0 Å². The van der Waals surface area contributed by atoms with Gasteiger partial charge in [-0.1, -0.05) is 18.7 Å². The molecular formula is C15H25NO2. The molecule has 0 saturated carbocycles. The number of hydrogen-bond donors (Lipinski definition) is 1. The van der Waals surface area contributed by atoms with Crippen LogP contribution >= 0.6 is 0 Å². The van der Waals surface area contributed by atoms with Gasteiger partial charge in [-0.25, -0.2) is 0 Å². The number of hydrogen-bond acceptors (Lipinski definition) is 3. The number of aliphatic hydroxyl groups is 1. The number of allylic oxidation sites excluding steroid dienone is 3. The van der Waals surface area contributed by atoms with E-state index in [1.807, 2.05) is 13.0 Å². The van der Waals surface area contributed by atoms with E-state index in [0.717, 1.165) is 12.2 Å². The van der Waals surface area contributed by atoms with Gasteiger partial charge in [0.2, 0.25) is 0 Å². The molecule has 0 spiro atoms. The van der Waals surface area contributed by atoms with E-state index in [2.05, 4.69) is 37.6 Å². The van der Waals surface area contributed by atoms with E-state index in [-0.39, 0.29) is 12.6 Å². The molecule has 1 rings (SSSR count). The lowest BCUT2D eigenvalue weighted by Crippen LogP contribution is -2.61. The van der Waals surface area contributed by atoms with Crippen LogP contribution in [0.5, 0.6) is 0 Å². The van der Waals surface area contributed by atoms with Crippen molar-refractivity contribution in [2.75, 3.05) is 13.7 Å². The second-order valence-corrected chi connectivity index (χ2v) is 4.85. The Morgan fingerprint density at radius 3 is 2.67 bits per heavy atom. The maximum Gasteiger partial charge on any atom is 0.111 e. The van der Waals surface area contributed by atoms with Crippen molar-refractivity contribution in [2.45, 2.75) is 39.3 Å². The van der Waals surface area contributed by atoms with Crippen LogP contribution in [0.3, 0.4) is 0 Å². The number of likely N-dealkylation sites (tertiary alicyclic amines) is 1. The van der Waals surface area contributed by atoms with E-state index in [1.165, 1.54) is 5.57 Å². The molecule has 0 aromatic rings. The molecule has 0 aliphatic carbocycles. The largest absolute Gasteiger partial charge is 0.500 e. The fraction of sp³-hybridized carbons (Fsp3) is 0.600. The van der Waals surface area contributed by atoms with Crippen molar-refractivity contribution in [2.24, 2.45) is 5.92 Å². The predicted octanol–water partition coefficient (Wildman–Crippen LogP) is 2.70. The molecule has 1 heterocycles. The Kier molecular flexibility index (Phi) is 5.48. The lowest BCUT2D eigenvalue weighted by Gasteiger charge is -2.54. The highest BCUT2D eigenvalue weighted by Gasteiger charge is 2.45. The van der Waals surface area contributed by atoms with E-state index in [4.69, 9.17) is 9.84 Å². The van der Waals surface area contributed by atoms with E-state index < -0.39 is 0 Å². The normalized spacial score (nSPS) is 28.4. The highest BCUT2D eigenvalue weighted by atomic mass is 16.5. The molecule has 1 N–H and O–H groups in total. The topological polar surface area (TPSA) is 32.7 Å². The van der Waals surface area contributed by atoms with Gasteiger partial charge < -0.3 is 14.7 Å². The molecule has 18 heavy (non-hydrogen) atoms. The van der Waals surface area contributed by atoms with E-state index in [0.29, 0.717) is 12.0 Å². The van der Waals surface area contributed by atoms with Crippen LogP contribution in [0.2, 0.25) is 0 Å². The summed E-state index contributed by atoms with van der Waals surface area (Å²) in [6.45, 7) is 10.5. The standard InChI is InChI=1S/C15H25NO2/c1-6-7-11(2)10-16-12(3)14(8-9-17)15(16)13(4)18-5/h6-7,10,12,14-15,17H,4,8-9H2,1-3,5H3/b7-6-,11-10+. The van der Waals surface area contributed by atoms with E-state index in [1.54, 1.807) is 7.11 Å². The van der Waals surface area contributed by atoms with E-state index in [9.17, 15) is 0 Å². The Hall–Kier alpha value is -1.22. The monoisotopic (exact) mass is 251 g/mol. The molecule has 0 aromatic carbocycles. The van der Waals surface area contributed by atoms with Crippen LogP contribution in [-0.2, 0) is 4.74 Å². The Morgan fingerprint density at radius 1 is 1.50 bits per heavy atom. The summed E-state index contributed by atoms with van der Waals surface area (Å²) in [7, 11) is 1.65. The summed E-state index contributed by atoms with van der Waals surface area (Å²) in [6.07, 6.45) is 7.05. The van der Waals surface area contributed by atoms with Crippen LogP contribution in [0, 0.1) is 5.92 Å². The number of rotatable bonds is 6. The zero-order chi connectivity index (χ0) is 13.7. The van der Waals surface area contributed by atoms with Crippen LogP contribution in [0.15, 0.2) is 36.3 Å². The average Bonchev–Trinajstić information content (AvgIpc) is 2.36. The third-order valence-electron chi connectivity index (χ3n) is 3.65. The smallest absolute Gasteiger partial charge is 0.111 e. The van der Waals surface area contributed by atoms with Crippen molar-refractivity contribution < 1.29 is 9.84 Å². The Labute approximate surface area is 110 Å². The molecule has 0 bridgehead atoms. The summed E-state index contributed by atoms with van der Waals surface area (Å²) in [5.74, 6) is 1.19.